The monoisotopic (exact) mass is 233 g/mol. The van der Waals surface area contributed by atoms with Crippen molar-refractivity contribution in [3.8, 4) is 0 Å². The number of hydrogen-bond donors (Lipinski definition) is 1. The fourth-order valence-corrected chi connectivity index (χ4v) is 1.95. The summed E-state index contributed by atoms with van der Waals surface area (Å²) < 4.78 is 11.4. The molecule has 1 aromatic carbocycles. The first-order valence-electron chi connectivity index (χ1n) is 6.08. The topological polar surface area (TPSA) is 34.4 Å². The molecule has 0 aliphatic heterocycles. The molecule has 0 amide bonds. The second kappa shape index (κ2) is 5.84. The molecule has 0 spiro atoms. The minimum absolute atomic E-state index is 0.555. The SMILES string of the molecule is CCCOCc1oc2ccccc2c1CNC. The van der Waals surface area contributed by atoms with Gasteiger partial charge in [0.25, 0.3) is 0 Å². The average Bonchev–Trinajstić information content (AvgIpc) is 2.69. The highest BCUT2D eigenvalue weighted by atomic mass is 16.5. The van der Waals surface area contributed by atoms with Gasteiger partial charge in [0.1, 0.15) is 18.0 Å². The fraction of sp³-hybridized carbons (Fsp3) is 0.429. The molecule has 1 aromatic heterocycles. The predicted octanol–water partition coefficient (Wildman–Crippen LogP) is 3.08. The number of nitrogens with one attached hydrogen (secondary N) is 1. The molecule has 0 saturated heterocycles. The maximum Gasteiger partial charge on any atom is 0.135 e. The van der Waals surface area contributed by atoms with E-state index in [1.165, 1.54) is 10.9 Å². The Morgan fingerprint density at radius 2 is 2.12 bits per heavy atom. The molecule has 0 atom stereocenters. The molecule has 2 aromatic rings. The van der Waals surface area contributed by atoms with E-state index < -0.39 is 0 Å². The summed E-state index contributed by atoms with van der Waals surface area (Å²) in [5.41, 5.74) is 2.15. The third kappa shape index (κ3) is 2.68. The molecule has 3 heteroatoms. The number of ether oxygens (including phenoxy) is 1. The van der Waals surface area contributed by atoms with Gasteiger partial charge in [0.05, 0.1) is 0 Å². The first kappa shape index (κ1) is 12.1. The molecule has 0 radical (unpaired) electrons. The van der Waals surface area contributed by atoms with Crippen LogP contribution in [0.2, 0.25) is 0 Å². The highest BCUT2D eigenvalue weighted by molar-refractivity contribution is 5.82. The van der Waals surface area contributed by atoms with Crippen molar-refractivity contribution in [3.05, 3.63) is 35.6 Å². The van der Waals surface area contributed by atoms with Crippen LogP contribution < -0.4 is 5.32 Å². The normalized spacial score (nSPS) is 11.2. The van der Waals surface area contributed by atoms with Crippen LogP contribution in [-0.2, 0) is 17.9 Å². The minimum atomic E-state index is 0.555. The number of furan rings is 1. The van der Waals surface area contributed by atoms with Crippen LogP contribution in [0.1, 0.15) is 24.7 Å². The van der Waals surface area contributed by atoms with Gasteiger partial charge in [-0.15, -0.1) is 0 Å². The zero-order chi connectivity index (χ0) is 12.1. The maximum atomic E-state index is 5.83. The van der Waals surface area contributed by atoms with Gasteiger partial charge < -0.3 is 14.5 Å². The minimum Gasteiger partial charge on any atom is -0.458 e. The molecule has 0 aliphatic carbocycles. The van der Waals surface area contributed by atoms with E-state index >= 15 is 0 Å². The Hall–Kier alpha value is -1.32. The Labute approximate surface area is 102 Å². The fourth-order valence-electron chi connectivity index (χ4n) is 1.95. The second-order valence-electron chi connectivity index (χ2n) is 4.08. The summed E-state index contributed by atoms with van der Waals surface area (Å²) in [7, 11) is 1.94. The lowest BCUT2D eigenvalue weighted by atomic mass is 10.1. The molecule has 0 fully saturated rings. The summed E-state index contributed by atoms with van der Waals surface area (Å²) in [4.78, 5) is 0. The molecule has 0 saturated carbocycles. The summed E-state index contributed by atoms with van der Waals surface area (Å²) in [6.45, 7) is 4.24. The van der Waals surface area contributed by atoms with Crippen molar-refractivity contribution >= 4 is 11.0 Å². The van der Waals surface area contributed by atoms with Crippen LogP contribution in [0.3, 0.4) is 0 Å². The molecule has 1 heterocycles. The summed E-state index contributed by atoms with van der Waals surface area (Å²) in [6.07, 6.45) is 1.03. The van der Waals surface area contributed by atoms with Gasteiger partial charge >= 0.3 is 0 Å². The maximum absolute atomic E-state index is 5.83. The third-order valence-corrected chi connectivity index (χ3v) is 2.72. The van der Waals surface area contributed by atoms with Crippen LogP contribution in [0.4, 0.5) is 0 Å². The van der Waals surface area contributed by atoms with Gasteiger partial charge in [0, 0.05) is 24.1 Å². The number of para-hydroxylation sites is 1. The standard InChI is InChI=1S/C14H19NO2/c1-3-8-16-10-14-12(9-15-2)11-6-4-5-7-13(11)17-14/h4-7,15H,3,8-10H2,1-2H3. The smallest absolute Gasteiger partial charge is 0.135 e. The Balaban J connectivity index is 2.29. The number of fused-ring (bicyclic) bond motifs is 1. The van der Waals surface area contributed by atoms with Crippen molar-refractivity contribution in [2.75, 3.05) is 13.7 Å². The van der Waals surface area contributed by atoms with Crippen molar-refractivity contribution < 1.29 is 9.15 Å². The Morgan fingerprint density at radius 3 is 2.88 bits per heavy atom. The Bertz CT molecular complexity index is 476. The summed E-state index contributed by atoms with van der Waals surface area (Å²) >= 11 is 0. The van der Waals surface area contributed by atoms with Gasteiger partial charge in [-0.1, -0.05) is 25.1 Å². The van der Waals surface area contributed by atoms with E-state index in [1.54, 1.807) is 0 Å². The second-order valence-corrected chi connectivity index (χ2v) is 4.08. The van der Waals surface area contributed by atoms with Gasteiger partial charge in [-0.25, -0.2) is 0 Å². The van der Waals surface area contributed by atoms with E-state index in [-0.39, 0.29) is 0 Å². The van der Waals surface area contributed by atoms with E-state index in [2.05, 4.69) is 18.3 Å². The first-order valence-corrected chi connectivity index (χ1v) is 6.08. The van der Waals surface area contributed by atoms with Crippen molar-refractivity contribution in [2.24, 2.45) is 0 Å². The molecule has 1 N–H and O–H groups in total. The molecule has 2 rings (SSSR count). The molecular formula is C14H19NO2. The third-order valence-electron chi connectivity index (χ3n) is 2.72. The zero-order valence-corrected chi connectivity index (χ0v) is 10.5. The zero-order valence-electron chi connectivity index (χ0n) is 10.5. The predicted molar refractivity (Wildman–Crippen MR) is 68.9 cm³/mol. The van der Waals surface area contributed by atoms with Crippen LogP contribution >= 0.6 is 0 Å². The molecule has 17 heavy (non-hydrogen) atoms. The molecule has 92 valence electrons. The molecule has 0 aliphatic rings. The summed E-state index contributed by atoms with van der Waals surface area (Å²) in [5, 5.41) is 4.36. The van der Waals surface area contributed by atoms with Crippen LogP contribution in [0, 0.1) is 0 Å². The first-order chi connectivity index (χ1) is 8.36. The van der Waals surface area contributed by atoms with Gasteiger partial charge in [0.15, 0.2) is 0 Å². The van der Waals surface area contributed by atoms with Crippen LogP contribution in [0.5, 0.6) is 0 Å². The Kier molecular flexibility index (Phi) is 4.18. The van der Waals surface area contributed by atoms with Crippen LogP contribution in [-0.4, -0.2) is 13.7 Å². The van der Waals surface area contributed by atoms with Gasteiger partial charge in [0.2, 0.25) is 0 Å². The lowest BCUT2D eigenvalue weighted by molar-refractivity contribution is 0.107. The van der Waals surface area contributed by atoms with Gasteiger partial charge in [-0.3, -0.25) is 0 Å². The number of rotatable bonds is 6. The van der Waals surface area contributed by atoms with E-state index in [0.29, 0.717) is 6.61 Å². The van der Waals surface area contributed by atoms with Crippen molar-refractivity contribution in [1.29, 1.82) is 0 Å². The quantitative estimate of drug-likeness (QED) is 0.779. The molecule has 0 unspecified atom stereocenters. The lowest BCUT2D eigenvalue weighted by Gasteiger charge is -2.03. The van der Waals surface area contributed by atoms with Crippen molar-refractivity contribution in [2.45, 2.75) is 26.5 Å². The van der Waals surface area contributed by atoms with E-state index in [1.807, 2.05) is 25.2 Å². The average molecular weight is 233 g/mol. The summed E-state index contributed by atoms with van der Waals surface area (Å²) in [5.74, 6) is 0.939. The van der Waals surface area contributed by atoms with Gasteiger partial charge in [-0.05, 0) is 19.5 Å². The van der Waals surface area contributed by atoms with Crippen LogP contribution in [0.25, 0.3) is 11.0 Å². The van der Waals surface area contributed by atoms with Crippen LogP contribution in [0.15, 0.2) is 28.7 Å². The lowest BCUT2D eigenvalue weighted by Crippen LogP contribution is -2.07. The number of benzene rings is 1. The highest BCUT2D eigenvalue weighted by Crippen LogP contribution is 2.26. The molecule has 0 bridgehead atoms. The van der Waals surface area contributed by atoms with E-state index in [4.69, 9.17) is 9.15 Å². The largest absolute Gasteiger partial charge is 0.458 e. The Morgan fingerprint density at radius 1 is 1.29 bits per heavy atom. The summed E-state index contributed by atoms with van der Waals surface area (Å²) in [6, 6.07) is 8.12. The molecular weight excluding hydrogens is 214 g/mol. The number of hydrogen-bond acceptors (Lipinski definition) is 3. The van der Waals surface area contributed by atoms with E-state index in [9.17, 15) is 0 Å². The van der Waals surface area contributed by atoms with Crippen molar-refractivity contribution in [3.63, 3.8) is 0 Å². The van der Waals surface area contributed by atoms with Gasteiger partial charge in [-0.2, -0.15) is 0 Å². The highest BCUT2D eigenvalue weighted by Gasteiger charge is 2.12. The molecule has 3 nitrogen and oxygen atoms in total. The van der Waals surface area contributed by atoms with E-state index in [0.717, 1.165) is 30.9 Å². The van der Waals surface area contributed by atoms with Crippen molar-refractivity contribution in [1.82, 2.24) is 5.32 Å².